The molecule has 0 aliphatic heterocycles. The van der Waals surface area contributed by atoms with E-state index in [0.29, 0.717) is 5.69 Å². The third-order valence-corrected chi connectivity index (χ3v) is 10.0. The molecule has 28 heteroatoms. The Morgan fingerprint density at radius 2 is 1.16 bits per heavy atom. The van der Waals surface area contributed by atoms with Gasteiger partial charge in [0.15, 0.2) is 5.96 Å². The number of aliphatic imine (C=N–C) groups is 1. The molecule has 1 aromatic heterocycles. The minimum Gasteiger partial charge on any atom is -0.481 e. The van der Waals surface area contributed by atoms with Gasteiger partial charge >= 0.3 is 17.9 Å². The van der Waals surface area contributed by atoms with Crippen LogP contribution in [0, 0.1) is 11.8 Å². The van der Waals surface area contributed by atoms with Crippen LogP contribution >= 0.6 is 12.6 Å². The lowest BCUT2D eigenvalue weighted by molar-refractivity contribution is -0.142. The number of nitrogens with zero attached hydrogens (tertiary/aromatic N) is 2. The molecular formula is C39H65N13O14S. The van der Waals surface area contributed by atoms with E-state index in [4.69, 9.17) is 22.3 Å². The van der Waals surface area contributed by atoms with Crippen molar-refractivity contribution >= 4 is 77.8 Å². The molecule has 0 aliphatic rings. The number of hydrogen-bond acceptors (Lipinski definition) is 15. The first-order chi connectivity index (χ1) is 31.4. The van der Waals surface area contributed by atoms with Gasteiger partial charge < -0.3 is 79.8 Å². The zero-order valence-electron chi connectivity index (χ0n) is 37.7. The SMILES string of the molecule is CC(C)C[C@H](NC(=O)[C@H](CCC(=O)O)NC(=O)[C@@H](N)CCC(=O)O)C(=O)N[C@@H](CCCN=C(N)N)C(=O)N[C@@H](Cc1cnc[nH]1)C(=O)N[C@@H](CO)C(=O)N[C@H](C(=O)N[C@@H](CS)C(=O)O)C(C)C. The number of rotatable bonds is 32. The molecule has 0 aliphatic carbocycles. The average Bonchev–Trinajstić information content (AvgIpc) is 3.76. The van der Waals surface area contributed by atoms with E-state index in [0.717, 1.165) is 0 Å². The number of amides is 7. The molecule has 1 rings (SSSR count). The third-order valence-electron chi connectivity index (χ3n) is 9.68. The lowest BCUT2D eigenvalue weighted by atomic mass is 10.0. The van der Waals surface area contributed by atoms with E-state index in [-0.39, 0.29) is 56.3 Å². The predicted molar refractivity (Wildman–Crippen MR) is 240 cm³/mol. The van der Waals surface area contributed by atoms with E-state index in [1.807, 2.05) is 0 Å². The zero-order chi connectivity index (χ0) is 51.0. The van der Waals surface area contributed by atoms with Crippen LogP contribution in [0.4, 0.5) is 0 Å². The van der Waals surface area contributed by atoms with Crippen LogP contribution in [0.25, 0.3) is 0 Å². The number of nitrogens with one attached hydrogen (secondary N) is 8. The molecule has 8 atom stereocenters. The van der Waals surface area contributed by atoms with Crippen molar-refractivity contribution < 1.29 is 68.4 Å². The van der Waals surface area contributed by atoms with Gasteiger partial charge in [-0.05, 0) is 43.9 Å². The van der Waals surface area contributed by atoms with Gasteiger partial charge in [0, 0.05) is 43.5 Å². The normalized spacial score (nSPS) is 14.6. The minimum absolute atomic E-state index is 0.0138. The van der Waals surface area contributed by atoms with Crippen molar-refractivity contribution in [3.8, 4) is 0 Å². The molecule has 1 aromatic rings. The first-order valence-corrected chi connectivity index (χ1v) is 21.8. The van der Waals surface area contributed by atoms with Crippen molar-refractivity contribution in [2.45, 2.75) is 127 Å². The lowest BCUT2D eigenvalue weighted by Crippen LogP contribution is -2.61. The van der Waals surface area contributed by atoms with Crippen LogP contribution in [-0.2, 0) is 54.4 Å². The highest BCUT2D eigenvalue weighted by molar-refractivity contribution is 7.80. The summed E-state index contributed by atoms with van der Waals surface area (Å²) in [6.45, 7) is 5.53. The summed E-state index contributed by atoms with van der Waals surface area (Å²) in [6.07, 6.45) is 0.430. The van der Waals surface area contributed by atoms with Gasteiger partial charge in [-0.2, -0.15) is 12.6 Å². The summed E-state index contributed by atoms with van der Waals surface area (Å²) in [5.41, 5.74) is 17.0. The van der Waals surface area contributed by atoms with E-state index in [2.05, 4.69) is 64.8 Å². The van der Waals surface area contributed by atoms with Gasteiger partial charge in [0.2, 0.25) is 41.4 Å². The fourth-order valence-corrected chi connectivity index (χ4v) is 6.29. The number of hydrogen-bond donors (Lipinski definition) is 16. The molecule has 0 saturated carbocycles. The number of aromatic amines is 1. The fourth-order valence-electron chi connectivity index (χ4n) is 6.05. The number of carbonyl (C=O) groups is 10. The highest BCUT2D eigenvalue weighted by atomic mass is 32.1. The predicted octanol–water partition coefficient (Wildman–Crippen LogP) is -4.83. The van der Waals surface area contributed by atoms with Gasteiger partial charge in [0.25, 0.3) is 0 Å². The smallest absolute Gasteiger partial charge is 0.327 e. The van der Waals surface area contributed by atoms with Crippen molar-refractivity contribution in [3.05, 3.63) is 18.2 Å². The maximum Gasteiger partial charge on any atom is 0.327 e. The van der Waals surface area contributed by atoms with E-state index < -0.39 is 139 Å². The summed E-state index contributed by atoms with van der Waals surface area (Å²) in [6, 6.07) is -11.7. The molecule has 0 radical (unpaired) electrons. The molecule has 7 amide bonds. The molecule has 18 N–H and O–H groups in total. The van der Waals surface area contributed by atoms with Crippen LogP contribution in [-0.4, -0.2) is 163 Å². The average molecular weight is 972 g/mol. The molecule has 0 unspecified atom stereocenters. The number of H-pyrrole nitrogens is 1. The highest BCUT2D eigenvalue weighted by Crippen LogP contribution is 2.11. The Balaban J connectivity index is 3.48. The lowest BCUT2D eigenvalue weighted by Gasteiger charge is -2.28. The number of aliphatic hydroxyl groups excluding tert-OH is 1. The first-order valence-electron chi connectivity index (χ1n) is 21.2. The van der Waals surface area contributed by atoms with E-state index in [1.165, 1.54) is 12.5 Å². The van der Waals surface area contributed by atoms with Crippen LogP contribution in [0.5, 0.6) is 0 Å². The molecule has 0 spiro atoms. The van der Waals surface area contributed by atoms with Crippen molar-refractivity contribution in [2.24, 2.45) is 34.0 Å². The number of guanidine groups is 1. The Morgan fingerprint density at radius 1 is 0.672 bits per heavy atom. The van der Waals surface area contributed by atoms with Crippen LogP contribution < -0.4 is 54.4 Å². The molecule has 0 saturated heterocycles. The van der Waals surface area contributed by atoms with Crippen molar-refractivity contribution in [3.63, 3.8) is 0 Å². The van der Waals surface area contributed by atoms with Crippen molar-refractivity contribution in [1.29, 1.82) is 0 Å². The Kier molecular flexibility index (Phi) is 26.1. The number of imidazole rings is 1. The number of carboxylic acid groups (broad SMARTS) is 3. The fraction of sp³-hybridized carbons (Fsp3) is 0.641. The number of nitrogens with two attached hydrogens (primary N) is 3. The minimum atomic E-state index is -1.71. The second-order valence-corrected chi connectivity index (χ2v) is 16.5. The summed E-state index contributed by atoms with van der Waals surface area (Å²) in [7, 11) is 0. The number of thiol groups is 1. The second kappa shape index (κ2) is 29.9. The number of carboxylic acids is 3. The summed E-state index contributed by atoms with van der Waals surface area (Å²) in [4.78, 5) is 139. The van der Waals surface area contributed by atoms with Crippen LogP contribution in [0.15, 0.2) is 17.5 Å². The first kappa shape index (κ1) is 58.5. The van der Waals surface area contributed by atoms with Crippen LogP contribution in [0.2, 0.25) is 0 Å². The maximum atomic E-state index is 14.1. The Labute approximate surface area is 391 Å². The Morgan fingerprint density at radius 3 is 1.67 bits per heavy atom. The van der Waals surface area contributed by atoms with Gasteiger partial charge in [0.05, 0.1) is 19.0 Å². The van der Waals surface area contributed by atoms with Crippen molar-refractivity contribution in [1.82, 2.24) is 47.2 Å². The van der Waals surface area contributed by atoms with E-state index in [9.17, 15) is 63.3 Å². The highest BCUT2D eigenvalue weighted by Gasteiger charge is 2.35. The van der Waals surface area contributed by atoms with E-state index in [1.54, 1.807) is 27.7 Å². The summed E-state index contributed by atoms with van der Waals surface area (Å²) < 4.78 is 0. The molecular weight excluding hydrogens is 907 g/mol. The molecule has 1 heterocycles. The molecule has 376 valence electrons. The quantitative estimate of drug-likeness (QED) is 0.0139. The topological polar surface area (TPSA) is 455 Å². The van der Waals surface area contributed by atoms with Crippen molar-refractivity contribution in [2.75, 3.05) is 18.9 Å². The Hall–Kier alpha value is -6.55. The maximum absolute atomic E-state index is 14.1. The summed E-state index contributed by atoms with van der Waals surface area (Å²) >= 11 is 3.92. The van der Waals surface area contributed by atoms with Crippen LogP contribution in [0.1, 0.15) is 78.3 Å². The number of carbonyl (C=O) groups excluding carboxylic acids is 7. The Bertz CT molecular complexity index is 1880. The monoisotopic (exact) mass is 971 g/mol. The standard InChI is InChI=1S/C39H65N13O14S/c1-18(2)12-24(48-33(60)23(8-10-29(56)57)46-31(58)21(40)7-9-28(54)55)34(61)47-22(6-5-11-44-39(41)42)32(59)49-25(13-20-14-43-17-45-20)35(62)50-26(15-53)36(63)52-30(19(3)4)37(64)51-27(16-67)38(65)66/h14,17-19,21-27,30,53,67H,5-13,15-16,40H2,1-4H3,(H,43,45)(H,46,58)(H,47,61)(H,48,60)(H,49,59)(H,50,62)(H,51,64)(H,52,63)(H,54,55)(H,56,57)(H,65,66)(H4,41,42,44)/t21-,22-,23-,24-,25-,26-,27-,30-/m0/s1. The van der Waals surface area contributed by atoms with Crippen LogP contribution in [0.3, 0.4) is 0 Å². The number of aliphatic hydroxyl groups is 1. The van der Waals surface area contributed by atoms with E-state index >= 15 is 0 Å². The molecule has 0 aromatic carbocycles. The summed E-state index contributed by atoms with van der Waals surface area (Å²) in [5.74, 6) is -12.1. The number of aliphatic carboxylic acids is 3. The molecule has 0 fully saturated rings. The third kappa shape index (κ3) is 22.5. The molecule has 67 heavy (non-hydrogen) atoms. The number of aromatic nitrogens is 2. The van der Waals surface area contributed by atoms with Gasteiger partial charge in [-0.3, -0.25) is 48.1 Å². The summed E-state index contributed by atoms with van der Waals surface area (Å²) in [5, 5.41) is 54.7. The van der Waals surface area contributed by atoms with Gasteiger partial charge in [0.1, 0.15) is 42.3 Å². The zero-order valence-corrected chi connectivity index (χ0v) is 38.5. The van der Waals surface area contributed by atoms with Gasteiger partial charge in [-0.15, -0.1) is 0 Å². The molecule has 0 bridgehead atoms. The van der Waals surface area contributed by atoms with Gasteiger partial charge in [-0.25, -0.2) is 9.78 Å². The largest absolute Gasteiger partial charge is 0.481 e. The second-order valence-electron chi connectivity index (χ2n) is 16.1. The van der Waals surface area contributed by atoms with Gasteiger partial charge in [-0.1, -0.05) is 27.7 Å². The molecule has 27 nitrogen and oxygen atoms in total.